The van der Waals surface area contributed by atoms with E-state index in [1.165, 1.54) is 12.1 Å². The molecule has 1 amide bonds. The number of hydrogen-bond donors (Lipinski definition) is 3. The normalized spacial score (nSPS) is 11.1. The lowest BCUT2D eigenvalue weighted by molar-refractivity contribution is -0.159. The van der Waals surface area contributed by atoms with Crippen molar-refractivity contribution in [1.82, 2.24) is 5.06 Å². The predicted molar refractivity (Wildman–Crippen MR) is 65.8 cm³/mol. The number of carbonyl (C=O) groups is 2. The highest BCUT2D eigenvalue weighted by molar-refractivity contribution is 7.51. The van der Waals surface area contributed by atoms with E-state index < -0.39 is 25.4 Å². The molecule has 1 rings (SSSR count). The van der Waals surface area contributed by atoms with Gasteiger partial charge in [0.2, 0.25) is 0 Å². The van der Waals surface area contributed by atoms with Gasteiger partial charge in [0, 0.05) is 12.1 Å². The number of Topliss-reactive ketones (excluding diaryl/α,β-unsaturated/α-hetero) is 1. The van der Waals surface area contributed by atoms with Gasteiger partial charge in [-0.3, -0.25) is 19.4 Å². The second-order valence-corrected chi connectivity index (χ2v) is 5.64. The molecule has 19 heavy (non-hydrogen) atoms. The predicted octanol–water partition coefficient (Wildman–Crippen LogP) is 0.655. The van der Waals surface area contributed by atoms with Gasteiger partial charge in [0.05, 0.1) is 6.16 Å². The third-order valence-corrected chi connectivity index (χ3v) is 3.18. The van der Waals surface area contributed by atoms with Gasteiger partial charge in [-0.25, -0.2) is 5.06 Å². The molecule has 7 nitrogen and oxygen atoms in total. The van der Waals surface area contributed by atoms with E-state index in [2.05, 4.69) is 0 Å². The Morgan fingerprint density at radius 3 is 2.26 bits per heavy atom. The van der Waals surface area contributed by atoms with E-state index in [4.69, 9.17) is 9.79 Å². The summed E-state index contributed by atoms with van der Waals surface area (Å²) < 4.78 is 10.6. The van der Waals surface area contributed by atoms with E-state index in [-0.39, 0.29) is 23.6 Å². The molecule has 1 aromatic carbocycles. The summed E-state index contributed by atoms with van der Waals surface area (Å²) >= 11 is 0. The Labute approximate surface area is 109 Å². The van der Waals surface area contributed by atoms with Crippen LogP contribution in [0.5, 0.6) is 0 Å². The average Bonchev–Trinajstić information content (AvgIpc) is 2.36. The van der Waals surface area contributed by atoms with Crippen LogP contribution in [0.15, 0.2) is 30.3 Å². The van der Waals surface area contributed by atoms with Crippen molar-refractivity contribution in [3.63, 3.8) is 0 Å². The van der Waals surface area contributed by atoms with Crippen LogP contribution < -0.4 is 0 Å². The van der Waals surface area contributed by atoms with Crippen molar-refractivity contribution in [2.75, 3.05) is 12.7 Å². The summed E-state index contributed by atoms with van der Waals surface area (Å²) in [5.74, 6) is -2.00. The van der Waals surface area contributed by atoms with Crippen molar-refractivity contribution in [3.8, 4) is 0 Å². The maximum absolute atomic E-state index is 11.6. The van der Waals surface area contributed by atoms with Crippen molar-refractivity contribution in [3.05, 3.63) is 35.9 Å². The molecule has 3 N–H and O–H groups in total. The van der Waals surface area contributed by atoms with Crippen molar-refractivity contribution < 1.29 is 29.1 Å². The highest BCUT2D eigenvalue weighted by atomic mass is 31.2. The smallest absolute Gasteiger partial charge is 0.324 e. The lowest BCUT2D eigenvalue weighted by Crippen LogP contribution is -2.34. The van der Waals surface area contributed by atoms with Crippen LogP contribution in [0.1, 0.15) is 16.8 Å². The number of hydrogen-bond acceptors (Lipinski definition) is 4. The molecule has 0 aliphatic rings. The maximum atomic E-state index is 11.6. The van der Waals surface area contributed by atoms with Crippen LogP contribution >= 0.6 is 7.60 Å². The minimum atomic E-state index is -4.17. The van der Waals surface area contributed by atoms with Gasteiger partial charge in [0.25, 0.3) is 5.78 Å². The molecule has 0 atom stereocenters. The van der Waals surface area contributed by atoms with Gasteiger partial charge in [-0.05, 0) is 6.42 Å². The minimum Gasteiger partial charge on any atom is -0.324 e. The molecule has 0 radical (unpaired) electrons. The van der Waals surface area contributed by atoms with Crippen LogP contribution in [0.4, 0.5) is 0 Å². The van der Waals surface area contributed by atoms with Crippen molar-refractivity contribution in [2.24, 2.45) is 0 Å². The standard InChI is InChI=1S/C11H14NO6P/c13-10(9-5-2-1-3-6-9)11(14)12(15)7-4-8-19(16,17)18/h1-3,5-6,15H,4,7-8H2,(H2,16,17,18). The van der Waals surface area contributed by atoms with Gasteiger partial charge in [-0.1, -0.05) is 30.3 Å². The van der Waals surface area contributed by atoms with Crippen LogP contribution in [-0.4, -0.2) is 44.5 Å². The fraction of sp³-hybridized carbons (Fsp3) is 0.273. The first kappa shape index (κ1) is 15.5. The summed E-state index contributed by atoms with van der Waals surface area (Å²) in [6.07, 6.45) is -0.564. The van der Waals surface area contributed by atoms with Crippen LogP contribution in [-0.2, 0) is 9.36 Å². The SMILES string of the molecule is O=C(C(=O)N(O)CCCP(=O)(O)O)c1ccccc1. The Balaban J connectivity index is 2.53. The third kappa shape index (κ3) is 5.32. The lowest BCUT2D eigenvalue weighted by Gasteiger charge is -2.14. The molecule has 0 fully saturated rings. The number of carbonyl (C=O) groups excluding carboxylic acids is 2. The first-order valence-corrected chi connectivity index (χ1v) is 7.26. The van der Waals surface area contributed by atoms with Gasteiger partial charge in [-0.15, -0.1) is 0 Å². The average molecular weight is 287 g/mol. The van der Waals surface area contributed by atoms with Crippen molar-refractivity contribution >= 4 is 19.3 Å². The molecule has 1 aromatic rings. The summed E-state index contributed by atoms with van der Waals surface area (Å²) in [5.41, 5.74) is 0.140. The molecular formula is C11H14NO6P. The number of ketones is 1. The van der Waals surface area contributed by atoms with E-state index >= 15 is 0 Å². The summed E-state index contributed by atoms with van der Waals surface area (Å²) in [5, 5.41) is 9.53. The molecule has 0 bridgehead atoms. The number of hydroxylamine groups is 2. The highest BCUT2D eigenvalue weighted by Gasteiger charge is 2.22. The second kappa shape index (κ2) is 6.58. The third-order valence-electron chi connectivity index (χ3n) is 2.28. The Hall–Kier alpha value is -1.53. The summed E-state index contributed by atoms with van der Waals surface area (Å²) in [4.78, 5) is 40.4. The van der Waals surface area contributed by atoms with Crippen LogP contribution in [0, 0.1) is 0 Å². The number of benzene rings is 1. The highest BCUT2D eigenvalue weighted by Crippen LogP contribution is 2.34. The number of rotatable bonds is 6. The van der Waals surface area contributed by atoms with E-state index in [1.54, 1.807) is 18.2 Å². The summed E-state index contributed by atoms with van der Waals surface area (Å²) in [6.45, 7) is -0.317. The fourth-order valence-corrected chi connectivity index (χ4v) is 1.91. The molecular weight excluding hydrogens is 273 g/mol. The second-order valence-electron chi connectivity index (χ2n) is 3.87. The number of amides is 1. The lowest BCUT2D eigenvalue weighted by atomic mass is 10.1. The summed E-state index contributed by atoms with van der Waals surface area (Å²) in [6, 6.07) is 7.71. The fourth-order valence-electron chi connectivity index (χ4n) is 1.36. The molecule has 0 aliphatic heterocycles. The van der Waals surface area contributed by atoms with Gasteiger partial charge in [-0.2, -0.15) is 0 Å². The Morgan fingerprint density at radius 2 is 1.74 bits per heavy atom. The molecule has 0 unspecified atom stereocenters. The molecule has 104 valence electrons. The minimum absolute atomic E-state index is 0.103. The summed E-state index contributed by atoms with van der Waals surface area (Å²) in [7, 11) is -4.17. The van der Waals surface area contributed by atoms with Gasteiger partial charge in [0.1, 0.15) is 0 Å². The zero-order chi connectivity index (χ0) is 14.5. The topological polar surface area (TPSA) is 115 Å². The zero-order valence-corrected chi connectivity index (χ0v) is 10.9. The van der Waals surface area contributed by atoms with Crippen molar-refractivity contribution in [2.45, 2.75) is 6.42 Å². The monoisotopic (exact) mass is 287 g/mol. The first-order valence-electron chi connectivity index (χ1n) is 5.46. The maximum Gasteiger partial charge on any atom is 0.325 e. The molecule has 0 heterocycles. The van der Waals surface area contributed by atoms with Gasteiger partial charge in [0.15, 0.2) is 0 Å². The van der Waals surface area contributed by atoms with E-state index in [9.17, 15) is 19.4 Å². The van der Waals surface area contributed by atoms with E-state index in [0.29, 0.717) is 0 Å². The Morgan fingerprint density at radius 1 is 1.16 bits per heavy atom. The quantitative estimate of drug-likeness (QED) is 0.233. The Bertz CT molecular complexity index is 497. The van der Waals surface area contributed by atoms with E-state index in [0.717, 1.165) is 0 Å². The van der Waals surface area contributed by atoms with Crippen LogP contribution in [0.2, 0.25) is 0 Å². The van der Waals surface area contributed by atoms with Gasteiger partial charge >= 0.3 is 13.5 Å². The van der Waals surface area contributed by atoms with Crippen molar-refractivity contribution in [1.29, 1.82) is 0 Å². The Kier molecular flexibility index (Phi) is 5.38. The molecule has 0 aromatic heterocycles. The largest absolute Gasteiger partial charge is 0.325 e. The molecule has 0 saturated carbocycles. The molecule has 0 spiro atoms. The van der Waals surface area contributed by atoms with Crippen LogP contribution in [0.25, 0.3) is 0 Å². The number of nitrogens with zero attached hydrogens (tertiary/aromatic N) is 1. The first-order chi connectivity index (χ1) is 8.81. The molecule has 0 saturated heterocycles. The zero-order valence-electron chi connectivity index (χ0n) is 9.97. The van der Waals surface area contributed by atoms with Crippen LogP contribution in [0.3, 0.4) is 0 Å². The molecule has 0 aliphatic carbocycles. The van der Waals surface area contributed by atoms with Gasteiger partial charge < -0.3 is 9.79 Å². The van der Waals surface area contributed by atoms with E-state index in [1.807, 2.05) is 0 Å². The molecule has 8 heteroatoms.